The number of amides is 1. The van der Waals surface area contributed by atoms with Crippen LogP contribution in [0.1, 0.15) is 12.8 Å². The second-order valence-electron chi connectivity index (χ2n) is 9.75. The second-order valence-corrected chi connectivity index (χ2v) is 10.7. The van der Waals surface area contributed by atoms with E-state index in [4.69, 9.17) is 9.47 Å². The summed E-state index contributed by atoms with van der Waals surface area (Å²) >= 11 is 1.80. The number of carbonyl (C=O) groups excluding carboxylic acids is 1. The molecule has 9 heteroatoms. The summed E-state index contributed by atoms with van der Waals surface area (Å²) in [5, 5.41) is 4.42. The lowest BCUT2D eigenvalue weighted by Gasteiger charge is -2.36. The zero-order chi connectivity index (χ0) is 26.5. The molecule has 200 valence electrons. The first-order valence-electron chi connectivity index (χ1n) is 13.0. The number of fused-ring (bicyclic) bond motifs is 2. The smallest absolute Gasteiger partial charge is 0.410 e. The minimum Gasteiger partial charge on any atom is -0.494 e. The van der Waals surface area contributed by atoms with E-state index in [0.717, 1.165) is 51.0 Å². The van der Waals surface area contributed by atoms with Gasteiger partial charge in [-0.1, -0.05) is 6.07 Å². The Kier molecular flexibility index (Phi) is 8.14. The fraction of sp³-hybridized carbons (Fsp3) is 0.379. The van der Waals surface area contributed by atoms with Crippen molar-refractivity contribution in [2.24, 2.45) is 0 Å². The molecule has 1 fully saturated rings. The van der Waals surface area contributed by atoms with Crippen molar-refractivity contribution in [2.45, 2.75) is 19.6 Å². The molecule has 4 aromatic rings. The van der Waals surface area contributed by atoms with Crippen LogP contribution in [-0.4, -0.2) is 73.9 Å². The van der Waals surface area contributed by atoms with Crippen LogP contribution in [0.15, 0.2) is 64.8 Å². The molecule has 1 aliphatic rings. The molecule has 0 aliphatic carbocycles. The standard InChI is InChI=1S/C29H34N4O4S/c1-30(2)29(35)37-21-33-26-20-23(10-8-22(26)9-11-28(33)34)36-18-4-3-13-31-14-16-32(17-15-31)25-6-5-7-27-24(25)12-19-38-27/h5-12,19-20H,3-4,13-18,21H2,1-2H3. The maximum absolute atomic E-state index is 12.4. The molecular formula is C29H34N4O4S. The van der Waals surface area contributed by atoms with Crippen molar-refractivity contribution in [3.05, 3.63) is 70.3 Å². The van der Waals surface area contributed by atoms with Gasteiger partial charge < -0.3 is 19.3 Å². The molecule has 0 saturated carbocycles. The highest BCUT2D eigenvalue weighted by Crippen LogP contribution is 2.31. The van der Waals surface area contributed by atoms with Crippen molar-refractivity contribution in [2.75, 3.05) is 58.3 Å². The van der Waals surface area contributed by atoms with E-state index in [1.807, 2.05) is 18.2 Å². The predicted molar refractivity (Wildman–Crippen MR) is 154 cm³/mol. The summed E-state index contributed by atoms with van der Waals surface area (Å²) in [5.74, 6) is 0.701. The van der Waals surface area contributed by atoms with Gasteiger partial charge >= 0.3 is 6.09 Å². The normalized spacial score (nSPS) is 14.2. The lowest BCUT2D eigenvalue weighted by molar-refractivity contribution is 0.0894. The fourth-order valence-electron chi connectivity index (χ4n) is 4.83. The number of ether oxygens (including phenoxy) is 2. The van der Waals surface area contributed by atoms with Gasteiger partial charge in [-0.2, -0.15) is 0 Å². The molecule has 2 aromatic carbocycles. The summed E-state index contributed by atoms with van der Waals surface area (Å²) in [4.78, 5) is 30.6. The number of unbranched alkanes of at least 4 members (excludes halogenated alkanes) is 1. The topological polar surface area (TPSA) is 67.2 Å². The molecule has 0 spiro atoms. The van der Waals surface area contributed by atoms with Crippen LogP contribution in [0.3, 0.4) is 0 Å². The van der Waals surface area contributed by atoms with Crippen molar-refractivity contribution in [1.29, 1.82) is 0 Å². The summed E-state index contributed by atoms with van der Waals surface area (Å²) in [7, 11) is 3.21. The summed E-state index contributed by atoms with van der Waals surface area (Å²) in [6.07, 6.45) is 1.52. The molecule has 0 unspecified atom stereocenters. The van der Waals surface area contributed by atoms with Crippen LogP contribution in [0.25, 0.3) is 21.0 Å². The SMILES string of the molecule is CN(C)C(=O)OCn1c(=O)ccc2ccc(OCCCCN3CCN(c4cccc5sccc45)CC3)cc21. The van der Waals surface area contributed by atoms with Gasteiger partial charge in [-0.25, -0.2) is 4.79 Å². The summed E-state index contributed by atoms with van der Waals surface area (Å²) < 4.78 is 14.1. The Morgan fingerprint density at radius 2 is 1.82 bits per heavy atom. The van der Waals surface area contributed by atoms with E-state index in [2.05, 4.69) is 39.4 Å². The number of rotatable bonds is 9. The van der Waals surface area contributed by atoms with Gasteiger partial charge in [0.15, 0.2) is 6.73 Å². The Morgan fingerprint density at radius 3 is 2.63 bits per heavy atom. The van der Waals surface area contributed by atoms with Crippen LogP contribution in [0.5, 0.6) is 5.75 Å². The van der Waals surface area contributed by atoms with Crippen LogP contribution in [0.2, 0.25) is 0 Å². The molecule has 2 aromatic heterocycles. The van der Waals surface area contributed by atoms with E-state index in [1.165, 1.54) is 31.3 Å². The number of carbonyl (C=O) groups is 1. The highest BCUT2D eigenvalue weighted by molar-refractivity contribution is 7.17. The molecular weight excluding hydrogens is 500 g/mol. The lowest BCUT2D eigenvalue weighted by Crippen LogP contribution is -2.46. The monoisotopic (exact) mass is 534 g/mol. The molecule has 0 atom stereocenters. The van der Waals surface area contributed by atoms with Crippen LogP contribution in [0.4, 0.5) is 10.5 Å². The Morgan fingerprint density at radius 1 is 1.00 bits per heavy atom. The average Bonchev–Trinajstić information content (AvgIpc) is 3.42. The van der Waals surface area contributed by atoms with E-state index in [1.54, 1.807) is 31.5 Å². The number of aromatic nitrogens is 1. The minimum atomic E-state index is -0.498. The van der Waals surface area contributed by atoms with Gasteiger partial charge in [0.2, 0.25) is 0 Å². The molecule has 1 amide bonds. The van der Waals surface area contributed by atoms with Crippen molar-refractivity contribution in [1.82, 2.24) is 14.4 Å². The van der Waals surface area contributed by atoms with E-state index in [-0.39, 0.29) is 12.3 Å². The van der Waals surface area contributed by atoms with Gasteiger partial charge in [0.1, 0.15) is 5.75 Å². The number of hydrogen-bond acceptors (Lipinski definition) is 7. The van der Waals surface area contributed by atoms with Crippen LogP contribution < -0.4 is 15.2 Å². The molecule has 38 heavy (non-hydrogen) atoms. The number of piperazine rings is 1. The number of benzene rings is 2. The van der Waals surface area contributed by atoms with Gasteiger partial charge in [-0.15, -0.1) is 11.3 Å². The van der Waals surface area contributed by atoms with Crippen molar-refractivity contribution >= 4 is 44.1 Å². The summed E-state index contributed by atoms with van der Waals surface area (Å²) in [6, 6.07) is 17.8. The number of thiophene rings is 1. The van der Waals surface area contributed by atoms with E-state index in [9.17, 15) is 9.59 Å². The largest absolute Gasteiger partial charge is 0.494 e. The number of anilines is 1. The Labute approximate surface area is 226 Å². The maximum atomic E-state index is 12.4. The van der Waals surface area contributed by atoms with Crippen LogP contribution >= 0.6 is 11.3 Å². The first-order valence-corrected chi connectivity index (χ1v) is 13.9. The molecule has 5 rings (SSSR count). The molecule has 0 N–H and O–H groups in total. The number of pyridine rings is 1. The van der Waals surface area contributed by atoms with Gasteiger partial charge in [0.25, 0.3) is 5.56 Å². The van der Waals surface area contributed by atoms with Gasteiger partial charge in [-0.3, -0.25) is 14.3 Å². The molecule has 1 saturated heterocycles. The molecule has 1 aliphatic heterocycles. The third-order valence-corrected chi connectivity index (χ3v) is 7.85. The Balaban J connectivity index is 1.09. The Bertz CT molecular complexity index is 1460. The first kappa shape index (κ1) is 26.1. The third kappa shape index (κ3) is 5.95. The van der Waals surface area contributed by atoms with Gasteiger partial charge in [0.05, 0.1) is 12.1 Å². The molecule has 8 nitrogen and oxygen atoms in total. The Hall–Kier alpha value is -3.56. The van der Waals surface area contributed by atoms with Crippen molar-refractivity contribution in [3.63, 3.8) is 0 Å². The van der Waals surface area contributed by atoms with E-state index < -0.39 is 6.09 Å². The van der Waals surface area contributed by atoms with Crippen LogP contribution in [0, 0.1) is 0 Å². The maximum Gasteiger partial charge on any atom is 0.410 e. The van der Waals surface area contributed by atoms with E-state index in [0.29, 0.717) is 17.9 Å². The average molecular weight is 535 g/mol. The predicted octanol–water partition coefficient (Wildman–Crippen LogP) is 4.85. The molecule has 0 bridgehead atoms. The third-order valence-electron chi connectivity index (χ3n) is 6.97. The van der Waals surface area contributed by atoms with Gasteiger partial charge in [0, 0.05) is 68.2 Å². The van der Waals surface area contributed by atoms with Crippen LogP contribution in [-0.2, 0) is 11.5 Å². The first-order chi connectivity index (χ1) is 18.5. The van der Waals surface area contributed by atoms with Gasteiger partial charge in [-0.05, 0) is 66.6 Å². The summed E-state index contributed by atoms with van der Waals surface area (Å²) in [6.45, 7) is 5.77. The second kappa shape index (κ2) is 11.9. The fourth-order valence-corrected chi connectivity index (χ4v) is 5.64. The van der Waals surface area contributed by atoms with E-state index >= 15 is 0 Å². The van der Waals surface area contributed by atoms with Crippen molar-refractivity contribution < 1.29 is 14.3 Å². The molecule has 0 radical (unpaired) electrons. The lowest BCUT2D eigenvalue weighted by atomic mass is 10.2. The number of hydrogen-bond donors (Lipinski definition) is 0. The summed E-state index contributed by atoms with van der Waals surface area (Å²) in [5.41, 5.74) is 1.80. The molecule has 3 heterocycles. The minimum absolute atomic E-state index is 0.147. The highest BCUT2D eigenvalue weighted by Gasteiger charge is 2.18. The van der Waals surface area contributed by atoms with Crippen molar-refractivity contribution in [3.8, 4) is 5.75 Å². The zero-order valence-corrected chi connectivity index (χ0v) is 22.8. The highest BCUT2D eigenvalue weighted by atomic mass is 32.1. The zero-order valence-electron chi connectivity index (χ0n) is 22.0. The quantitative estimate of drug-likeness (QED) is 0.286. The number of nitrogens with zero attached hydrogens (tertiary/aromatic N) is 4.